The third-order valence-electron chi connectivity index (χ3n) is 2.66. The molecule has 1 aliphatic heterocycles. The molecular weight excluding hydrogens is 224 g/mol. The minimum atomic E-state index is -0.0456. The normalized spacial score (nSPS) is 16.7. The monoisotopic (exact) mass is 238 g/mol. The number of hydrogen-bond acceptors (Lipinski definition) is 4. The smallest absolute Gasteiger partial charge is 0.264 e. The third-order valence-corrected chi connectivity index (χ3v) is 3.22. The molecule has 0 radical (unpaired) electrons. The topological polar surface area (TPSA) is 41.6 Å². The summed E-state index contributed by atoms with van der Waals surface area (Å²) in [7, 11) is 3.59. The first-order valence-corrected chi connectivity index (χ1v) is 5.53. The van der Waals surface area contributed by atoms with Gasteiger partial charge in [0, 0.05) is 7.05 Å². The second kappa shape index (κ2) is 4.35. The number of nitrogens with one attached hydrogen (secondary N) is 1. The highest BCUT2D eigenvalue weighted by Gasteiger charge is 2.22. The van der Waals surface area contributed by atoms with Crippen LogP contribution in [0.1, 0.15) is 10.9 Å². The highest BCUT2D eigenvalue weighted by molar-refractivity contribution is 7.80. The van der Waals surface area contributed by atoms with E-state index in [2.05, 4.69) is 17.9 Å². The molecule has 0 saturated carbocycles. The van der Waals surface area contributed by atoms with Gasteiger partial charge in [-0.1, -0.05) is 6.07 Å². The number of likely N-dealkylation sites (N-methyl/N-ethyl adjacent to an activating group) is 1. The second-order valence-electron chi connectivity index (χ2n) is 3.66. The van der Waals surface area contributed by atoms with Gasteiger partial charge in [-0.3, -0.25) is 4.79 Å². The fourth-order valence-electron chi connectivity index (χ4n) is 1.63. The molecule has 1 atom stereocenters. The van der Waals surface area contributed by atoms with Crippen LogP contribution in [-0.2, 0) is 4.79 Å². The lowest BCUT2D eigenvalue weighted by Crippen LogP contribution is -2.35. The van der Waals surface area contributed by atoms with Crippen LogP contribution in [0.5, 0.6) is 5.75 Å². The maximum absolute atomic E-state index is 11.5. The van der Waals surface area contributed by atoms with E-state index < -0.39 is 0 Å². The van der Waals surface area contributed by atoms with Gasteiger partial charge >= 0.3 is 0 Å². The molecule has 0 saturated heterocycles. The fraction of sp³-hybridized carbons (Fsp3) is 0.364. The number of thiol groups is 1. The van der Waals surface area contributed by atoms with Crippen molar-refractivity contribution in [3.8, 4) is 5.75 Å². The molecule has 0 aliphatic carbocycles. The molecule has 0 bridgehead atoms. The van der Waals surface area contributed by atoms with E-state index in [4.69, 9.17) is 4.74 Å². The third kappa shape index (κ3) is 1.88. The van der Waals surface area contributed by atoms with Crippen LogP contribution in [0.2, 0.25) is 0 Å². The van der Waals surface area contributed by atoms with Crippen LogP contribution in [0.3, 0.4) is 0 Å². The Hall–Kier alpha value is -1.20. The average Bonchev–Trinajstić information content (AvgIpc) is 2.32. The van der Waals surface area contributed by atoms with Gasteiger partial charge in [-0.15, -0.1) is 0 Å². The Bertz CT molecular complexity index is 422. The van der Waals surface area contributed by atoms with Gasteiger partial charge < -0.3 is 15.0 Å². The largest absolute Gasteiger partial charge is 0.482 e. The first-order chi connectivity index (χ1) is 7.63. The van der Waals surface area contributed by atoms with E-state index in [1.807, 2.05) is 25.2 Å². The van der Waals surface area contributed by atoms with Crippen molar-refractivity contribution in [1.82, 2.24) is 5.32 Å². The van der Waals surface area contributed by atoms with Crippen molar-refractivity contribution in [3.05, 3.63) is 23.8 Å². The molecule has 16 heavy (non-hydrogen) atoms. The molecule has 1 aromatic rings. The van der Waals surface area contributed by atoms with E-state index in [-0.39, 0.29) is 17.9 Å². The van der Waals surface area contributed by atoms with Crippen LogP contribution >= 0.6 is 12.6 Å². The zero-order valence-corrected chi connectivity index (χ0v) is 10.1. The fourth-order valence-corrected chi connectivity index (χ4v) is 1.79. The van der Waals surface area contributed by atoms with Crippen LogP contribution in [0.15, 0.2) is 18.2 Å². The van der Waals surface area contributed by atoms with E-state index in [9.17, 15) is 4.79 Å². The summed E-state index contributed by atoms with van der Waals surface area (Å²) in [4.78, 5) is 13.1. The van der Waals surface area contributed by atoms with Crippen molar-refractivity contribution in [2.45, 2.75) is 5.37 Å². The SMILES string of the molecule is CNC(S)c1ccc2c(c1)N(C)C(=O)CO2. The summed E-state index contributed by atoms with van der Waals surface area (Å²) in [5.41, 5.74) is 1.80. The molecule has 1 unspecified atom stereocenters. The molecule has 0 aromatic heterocycles. The number of rotatable bonds is 2. The number of carbonyl (C=O) groups is 1. The molecule has 86 valence electrons. The number of fused-ring (bicyclic) bond motifs is 1. The summed E-state index contributed by atoms with van der Waals surface area (Å²) in [5, 5.41) is 2.99. The number of nitrogens with zero attached hydrogens (tertiary/aromatic N) is 1. The van der Waals surface area contributed by atoms with Crippen molar-refractivity contribution < 1.29 is 9.53 Å². The summed E-state index contributed by atoms with van der Waals surface area (Å²) in [5.74, 6) is 0.701. The predicted octanol–water partition coefficient (Wildman–Crippen LogP) is 1.19. The highest BCUT2D eigenvalue weighted by atomic mass is 32.1. The molecule has 0 fully saturated rings. The number of amides is 1. The van der Waals surface area contributed by atoms with E-state index in [1.54, 1.807) is 11.9 Å². The quantitative estimate of drug-likeness (QED) is 0.601. The number of anilines is 1. The van der Waals surface area contributed by atoms with Crippen LogP contribution in [0.25, 0.3) is 0 Å². The van der Waals surface area contributed by atoms with Gasteiger partial charge in [0.05, 0.1) is 11.1 Å². The number of hydrogen-bond donors (Lipinski definition) is 2. The number of carbonyl (C=O) groups excluding carboxylic acids is 1. The van der Waals surface area contributed by atoms with Crippen LogP contribution in [-0.4, -0.2) is 26.6 Å². The van der Waals surface area contributed by atoms with Crippen molar-refractivity contribution in [2.75, 3.05) is 25.6 Å². The van der Waals surface area contributed by atoms with Crippen molar-refractivity contribution >= 4 is 24.2 Å². The standard InChI is InChI=1S/C11H14N2O2S/c1-12-11(16)7-3-4-9-8(5-7)13(2)10(14)6-15-9/h3-5,11-12,16H,6H2,1-2H3. The molecule has 2 rings (SSSR count). The maximum Gasteiger partial charge on any atom is 0.264 e. The molecule has 1 heterocycles. The van der Waals surface area contributed by atoms with E-state index in [0.717, 1.165) is 17.0 Å². The molecule has 0 spiro atoms. The molecule has 1 amide bonds. The van der Waals surface area contributed by atoms with Gasteiger partial charge in [0.1, 0.15) is 5.75 Å². The lowest BCUT2D eigenvalue weighted by molar-refractivity contribution is -0.120. The van der Waals surface area contributed by atoms with Gasteiger partial charge in [-0.2, -0.15) is 12.6 Å². The van der Waals surface area contributed by atoms with Crippen molar-refractivity contribution in [2.24, 2.45) is 0 Å². The van der Waals surface area contributed by atoms with Crippen molar-refractivity contribution in [3.63, 3.8) is 0 Å². The van der Waals surface area contributed by atoms with Crippen LogP contribution in [0.4, 0.5) is 5.69 Å². The summed E-state index contributed by atoms with van der Waals surface area (Å²) in [6, 6.07) is 5.73. The van der Waals surface area contributed by atoms with Gasteiger partial charge in [0.15, 0.2) is 6.61 Å². The summed E-state index contributed by atoms with van der Waals surface area (Å²) in [6.07, 6.45) is 0. The summed E-state index contributed by atoms with van der Waals surface area (Å²) < 4.78 is 5.34. The molecule has 1 aromatic carbocycles. The van der Waals surface area contributed by atoms with E-state index in [1.165, 1.54) is 0 Å². The minimum Gasteiger partial charge on any atom is -0.482 e. The minimum absolute atomic E-state index is 0.0372. The Morgan fingerprint density at radius 2 is 2.31 bits per heavy atom. The van der Waals surface area contributed by atoms with Crippen molar-refractivity contribution in [1.29, 1.82) is 0 Å². The molecular formula is C11H14N2O2S. The first-order valence-electron chi connectivity index (χ1n) is 5.02. The first kappa shape index (κ1) is 11.3. The number of ether oxygens (including phenoxy) is 1. The lowest BCUT2D eigenvalue weighted by atomic mass is 10.1. The van der Waals surface area contributed by atoms with Crippen LogP contribution in [0, 0.1) is 0 Å². The van der Waals surface area contributed by atoms with Gasteiger partial charge in [0.25, 0.3) is 5.91 Å². The molecule has 4 nitrogen and oxygen atoms in total. The Morgan fingerprint density at radius 3 is 3.00 bits per heavy atom. The average molecular weight is 238 g/mol. The van der Waals surface area contributed by atoms with Gasteiger partial charge in [-0.05, 0) is 24.7 Å². The zero-order chi connectivity index (χ0) is 11.7. The number of benzene rings is 1. The van der Waals surface area contributed by atoms with E-state index >= 15 is 0 Å². The second-order valence-corrected chi connectivity index (χ2v) is 4.18. The van der Waals surface area contributed by atoms with Gasteiger partial charge in [-0.25, -0.2) is 0 Å². The van der Waals surface area contributed by atoms with Crippen LogP contribution < -0.4 is 15.0 Å². The Balaban J connectivity index is 2.40. The molecule has 1 aliphatic rings. The Morgan fingerprint density at radius 1 is 1.56 bits per heavy atom. The predicted molar refractivity (Wildman–Crippen MR) is 66.1 cm³/mol. The summed E-state index contributed by atoms with van der Waals surface area (Å²) in [6.45, 7) is 0.110. The van der Waals surface area contributed by atoms with Gasteiger partial charge in [0.2, 0.25) is 0 Å². The zero-order valence-electron chi connectivity index (χ0n) is 9.23. The summed E-state index contributed by atoms with van der Waals surface area (Å²) >= 11 is 4.38. The lowest BCUT2D eigenvalue weighted by Gasteiger charge is -2.27. The highest BCUT2D eigenvalue weighted by Crippen LogP contribution is 2.34. The Labute approximate surface area is 100.0 Å². The van der Waals surface area contributed by atoms with E-state index in [0.29, 0.717) is 0 Å². The Kier molecular flexibility index (Phi) is 3.07. The molecule has 5 heteroatoms. The maximum atomic E-state index is 11.5. The molecule has 1 N–H and O–H groups in total.